The maximum atomic E-state index is 5.80. The van der Waals surface area contributed by atoms with Crippen LogP contribution >= 0.6 is 0 Å². The molecule has 2 N–H and O–H groups in total. The maximum Gasteiger partial charge on any atom is 0.0401 e. The molecule has 0 saturated heterocycles. The molecule has 0 aliphatic heterocycles. The predicted molar refractivity (Wildman–Crippen MR) is 68.2 cm³/mol. The van der Waals surface area contributed by atoms with E-state index in [0.717, 1.165) is 28.9 Å². The molecule has 2 aromatic rings. The molecule has 2 heteroatoms. The molecule has 0 saturated carbocycles. The van der Waals surface area contributed by atoms with Crippen LogP contribution in [-0.2, 0) is 6.42 Å². The van der Waals surface area contributed by atoms with Gasteiger partial charge in [-0.3, -0.25) is 4.98 Å². The van der Waals surface area contributed by atoms with E-state index in [1.807, 2.05) is 24.4 Å². The lowest BCUT2D eigenvalue weighted by molar-refractivity contribution is 1.04. The van der Waals surface area contributed by atoms with Crippen LogP contribution in [0, 0.1) is 6.92 Å². The number of anilines is 1. The van der Waals surface area contributed by atoms with Crippen LogP contribution in [-0.4, -0.2) is 4.98 Å². The molecule has 2 rings (SSSR count). The molecule has 0 unspecified atom stereocenters. The highest BCUT2D eigenvalue weighted by molar-refractivity contribution is 5.70. The summed E-state index contributed by atoms with van der Waals surface area (Å²) in [7, 11) is 0. The number of pyridine rings is 1. The second kappa shape index (κ2) is 4.35. The van der Waals surface area contributed by atoms with Crippen LogP contribution in [0.2, 0.25) is 0 Å². The van der Waals surface area contributed by atoms with Gasteiger partial charge in [0.25, 0.3) is 0 Å². The summed E-state index contributed by atoms with van der Waals surface area (Å²) in [5.74, 6) is 0. The van der Waals surface area contributed by atoms with Crippen LogP contribution in [0.4, 0.5) is 5.69 Å². The number of nitrogens with two attached hydrogens (primary N) is 1. The normalized spacial score (nSPS) is 10.4. The van der Waals surface area contributed by atoms with Crippen LogP contribution in [0.25, 0.3) is 11.1 Å². The third-order valence-electron chi connectivity index (χ3n) is 2.76. The SMILES string of the molecule is CCc1ccc(-c2cc(N)ccc2C)cn1. The molecule has 0 radical (unpaired) electrons. The summed E-state index contributed by atoms with van der Waals surface area (Å²) in [4.78, 5) is 4.40. The van der Waals surface area contributed by atoms with Crippen molar-refractivity contribution in [3.63, 3.8) is 0 Å². The first kappa shape index (κ1) is 10.7. The number of nitrogens with zero attached hydrogens (tertiary/aromatic N) is 1. The Kier molecular flexibility index (Phi) is 2.91. The van der Waals surface area contributed by atoms with Crippen LogP contribution in [0.3, 0.4) is 0 Å². The Morgan fingerprint density at radius 2 is 2.00 bits per heavy atom. The van der Waals surface area contributed by atoms with Gasteiger partial charge in [0.05, 0.1) is 0 Å². The standard InChI is InChI=1S/C14H16N2/c1-3-13-7-5-11(9-16-13)14-8-12(15)6-4-10(14)2/h4-9H,3,15H2,1-2H3. The molecule has 16 heavy (non-hydrogen) atoms. The van der Waals surface area contributed by atoms with Gasteiger partial charge >= 0.3 is 0 Å². The van der Waals surface area contributed by atoms with E-state index in [9.17, 15) is 0 Å². The van der Waals surface area contributed by atoms with Gasteiger partial charge in [-0.25, -0.2) is 0 Å². The fourth-order valence-electron chi connectivity index (χ4n) is 1.74. The van der Waals surface area contributed by atoms with E-state index in [2.05, 4.69) is 31.0 Å². The Balaban J connectivity index is 2.45. The third kappa shape index (κ3) is 2.06. The van der Waals surface area contributed by atoms with Crippen LogP contribution in [0.5, 0.6) is 0 Å². The number of hydrogen-bond donors (Lipinski definition) is 1. The second-order valence-corrected chi connectivity index (χ2v) is 3.97. The summed E-state index contributed by atoms with van der Waals surface area (Å²) >= 11 is 0. The van der Waals surface area contributed by atoms with Crippen molar-refractivity contribution in [1.29, 1.82) is 0 Å². The molecule has 1 aromatic carbocycles. The van der Waals surface area contributed by atoms with E-state index >= 15 is 0 Å². The van der Waals surface area contributed by atoms with Gasteiger partial charge in [-0.05, 0) is 42.7 Å². The minimum absolute atomic E-state index is 0.792. The molecule has 1 heterocycles. The number of nitrogen functional groups attached to an aromatic ring is 1. The van der Waals surface area contributed by atoms with Crippen LogP contribution < -0.4 is 5.73 Å². The zero-order chi connectivity index (χ0) is 11.5. The molecule has 0 fully saturated rings. The number of aryl methyl sites for hydroxylation is 2. The Labute approximate surface area is 96.1 Å². The van der Waals surface area contributed by atoms with Gasteiger partial charge in [0.15, 0.2) is 0 Å². The van der Waals surface area contributed by atoms with Crippen molar-refractivity contribution in [3.05, 3.63) is 47.8 Å². The largest absolute Gasteiger partial charge is 0.399 e. The Morgan fingerprint density at radius 3 is 2.62 bits per heavy atom. The molecule has 2 nitrogen and oxygen atoms in total. The van der Waals surface area contributed by atoms with Gasteiger partial charge in [0, 0.05) is 23.1 Å². The fraction of sp³-hybridized carbons (Fsp3) is 0.214. The van der Waals surface area contributed by atoms with Crippen molar-refractivity contribution in [2.45, 2.75) is 20.3 Å². The smallest absolute Gasteiger partial charge is 0.0401 e. The van der Waals surface area contributed by atoms with Crippen molar-refractivity contribution < 1.29 is 0 Å². The number of benzene rings is 1. The monoisotopic (exact) mass is 212 g/mol. The maximum absolute atomic E-state index is 5.80. The molecular weight excluding hydrogens is 196 g/mol. The Hall–Kier alpha value is -1.83. The van der Waals surface area contributed by atoms with Gasteiger partial charge in [0.1, 0.15) is 0 Å². The van der Waals surface area contributed by atoms with Gasteiger partial charge in [-0.1, -0.05) is 19.1 Å². The number of aromatic nitrogens is 1. The van der Waals surface area contributed by atoms with E-state index in [1.165, 1.54) is 5.56 Å². The predicted octanol–water partition coefficient (Wildman–Crippen LogP) is 3.20. The van der Waals surface area contributed by atoms with Crippen molar-refractivity contribution in [3.8, 4) is 11.1 Å². The molecule has 0 amide bonds. The van der Waals surface area contributed by atoms with E-state index < -0.39 is 0 Å². The number of rotatable bonds is 2. The molecule has 0 aliphatic rings. The van der Waals surface area contributed by atoms with Gasteiger partial charge < -0.3 is 5.73 Å². The minimum atomic E-state index is 0.792. The molecule has 0 spiro atoms. The summed E-state index contributed by atoms with van der Waals surface area (Å²) < 4.78 is 0. The third-order valence-corrected chi connectivity index (χ3v) is 2.76. The minimum Gasteiger partial charge on any atom is -0.399 e. The zero-order valence-electron chi connectivity index (χ0n) is 9.70. The summed E-state index contributed by atoms with van der Waals surface area (Å²) in [6.45, 7) is 4.19. The van der Waals surface area contributed by atoms with Gasteiger partial charge in [-0.2, -0.15) is 0 Å². The summed E-state index contributed by atoms with van der Waals surface area (Å²) in [5.41, 5.74) is 11.2. The zero-order valence-corrected chi connectivity index (χ0v) is 9.70. The topological polar surface area (TPSA) is 38.9 Å². The summed E-state index contributed by atoms with van der Waals surface area (Å²) in [5, 5.41) is 0. The van der Waals surface area contributed by atoms with E-state index in [1.54, 1.807) is 0 Å². The first-order chi connectivity index (χ1) is 7.70. The van der Waals surface area contributed by atoms with E-state index in [-0.39, 0.29) is 0 Å². The first-order valence-electron chi connectivity index (χ1n) is 5.52. The Morgan fingerprint density at radius 1 is 1.19 bits per heavy atom. The molecular formula is C14H16N2. The van der Waals surface area contributed by atoms with E-state index in [4.69, 9.17) is 5.73 Å². The molecule has 1 aromatic heterocycles. The van der Waals surface area contributed by atoms with Crippen molar-refractivity contribution >= 4 is 5.69 Å². The van der Waals surface area contributed by atoms with Crippen molar-refractivity contribution in [1.82, 2.24) is 4.98 Å². The lowest BCUT2D eigenvalue weighted by atomic mass is 10.0. The summed E-state index contributed by atoms with van der Waals surface area (Å²) in [6, 6.07) is 10.1. The lowest BCUT2D eigenvalue weighted by Gasteiger charge is -2.07. The van der Waals surface area contributed by atoms with Crippen molar-refractivity contribution in [2.75, 3.05) is 5.73 Å². The molecule has 0 atom stereocenters. The second-order valence-electron chi connectivity index (χ2n) is 3.97. The van der Waals surface area contributed by atoms with Gasteiger partial charge in [-0.15, -0.1) is 0 Å². The van der Waals surface area contributed by atoms with E-state index in [0.29, 0.717) is 0 Å². The lowest BCUT2D eigenvalue weighted by Crippen LogP contribution is -1.91. The summed E-state index contributed by atoms with van der Waals surface area (Å²) in [6.07, 6.45) is 2.89. The van der Waals surface area contributed by atoms with Gasteiger partial charge in [0.2, 0.25) is 0 Å². The highest BCUT2D eigenvalue weighted by Gasteiger charge is 2.02. The quantitative estimate of drug-likeness (QED) is 0.776. The van der Waals surface area contributed by atoms with Crippen LogP contribution in [0.15, 0.2) is 36.5 Å². The molecule has 82 valence electrons. The highest BCUT2D eigenvalue weighted by atomic mass is 14.7. The average molecular weight is 212 g/mol. The van der Waals surface area contributed by atoms with Crippen molar-refractivity contribution in [2.24, 2.45) is 0 Å². The molecule has 0 aliphatic carbocycles. The number of hydrogen-bond acceptors (Lipinski definition) is 2. The first-order valence-corrected chi connectivity index (χ1v) is 5.52. The average Bonchev–Trinajstić information content (AvgIpc) is 2.32. The molecule has 0 bridgehead atoms. The fourth-order valence-corrected chi connectivity index (χ4v) is 1.74. The highest BCUT2D eigenvalue weighted by Crippen LogP contribution is 2.24. The van der Waals surface area contributed by atoms with Crippen LogP contribution in [0.1, 0.15) is 18.2 Å². The Bertz CT molecular complexity index is 487.